The van der Waals surface area contributed by atoms with Gasteiger partial charge in [-0.3, -0.25) is 0 Å². The van der Waals surface area contributed by atoms with E-state index in [1.165, 1.54) is 0 Å². The summed E-state index contributed by atoms with van der Waals surface area (Å²) in [5.41, 5.74) is 6.59. The summed E-state index contributed by atoms with van der Waals surface area (Å²) < 4.78 is 19.6. The number of nitrogens with zero attached hydrogens (tertiary/aromatic N) is 2. The van der Waals surface area contributed by atoms with Crippen molar-refractivity contribution >= 4 is 81.6 Å². The quantitative estimate of drug-likeness (QED) is 0.361. The number of ether oxygens (including phenoxy) is 1. The van der Waals surface area contributed by atoms with Crippen LogP contribution in [0.4, 0.5) is 5.95 Å². The predicted octanol–water partition coefficient (Wildman–Crippen LogP) is 0.532. The van der Waals surface area contributed by atoms with E-state index in [9.17, 15) is 0 Å². The van der Waals surface area contributed by atoms with Crippen LogP contribution in [0.3, 0.4) is 0 Å². The number of rotatable bonds is 4. The molecule has 1 saturated heterocycles. The van der Waals surface area contributed by atoms with Gasteiger partial charge in [-0.2, -0.15) is 0 Å². The Kier molecular flexibility index (Phi) is 5.30. The van der Waals surface area contributed by atoms with Crippen LogP contribution in [0.25, 0.3) is 11.0 Å². The Morgan fingerprint density at radius 3 is 3.10 bits per heavy atom. The van der Waals surface area contributed by atoms with E-state index < -0.39 is 0 Å². The standard InChI is InChI=1S/C11H12N4O3S.2Tl/c12-11-13-9-5(10(19)14-11)1-2-15(9)8-3-6(17)7(4-16)18-8;;/h1-2,6-8H,3-4H2,(H3,12,13,14,19);;/q-2;2*+1. The van der Waals surface area contributed by atoms with Gasteiger partial charge in [0.05, 0.1) is 0 Å². The minimum absolute atomic E-state index is 0.00962. The molecule has 106 valence electrons. The first kappa shape index (κ1) is 16.2. The fourth-order valence-electron chi connectivity index (χ4n) is 2.57. The van der Waals surface area contributed by atoms with Gasteiger partial charge in [0.15, 0.2) is 0 Å². The van der Waals surface area contributed by atoms with Crippen molar-refractivity contribution in [3.05, 3.63) is 16.9 Å². The molecule has 2 aromatic heterocycles. The Labute approximate surface area is 159 Å². The van der Waals surface area contributed by atoms with Gasteiger partial charge in [-0.05, 0) is 0 Å². The summed E-state index contributed by atoms with van der Waals surface area (Å²) >= 11 is 6.23. The maximum atomic E-state index is 6.09. The summed E-state index contributed by atoms with van der Waals surface area (Å²) in [5.74, 6) is 0.309. The number of anilines is 1. The molecule has 0 aliphatic carbocycles. The van der Waals surface area contributed by atoms with Crippen molar-refractivity contribution in [2.75, 3.05) is 12.3 Å². The van der Waals surface area contributed by atoms with Crippen molar-refractivity contribution in [3.63, 3.8) is 0 Å². The molecule has 3 unspecified atom stereocenters. The number of nitrogens with two attached hydrogens (primary N) is 1. The summed E-state index contributed by atoms with van der Waals surface area (Å²) in [6, 6.07) is 1.93. The Morgan fingerprint density at radius 2 is 2.38 bits per heavy atom. The number of nitrogens with one attached hydrogen (secondary N) is 1. The Hall–Kier alpha value is 0.364. The third-order valence-corrected chi connectivity index (χ3v) is 5.96. The zero-order valence-corrected chi connectivity index (χ0v) is 20.9. The van der Waals surface area contributed by atoms with Gasteiger partial charge in [-0.25, -0.2) is 0 Å². The summed E-state index contributed by atoms with van der Waals surface area (Å²) in [6.45, 7) is 0.595. The number of aromatic nitrogens is 3. The minimum atomic E-state index is -0.108. The molecule has 0 aromatic carbocycles. The summed E-state index contributed by atoms with van der Waals surface area (Å²) in [4.78, 5) is 7.13. The first-order valence-corrected chi connectivity index (χ1v) is 10.4. The third-order valence-electron chi connectivity index (χ3n) is 3.54. The molecule has 0 spiro atoms. The normalized spacial score (nSPS) is 25.5. The molecule has 7 nitrogen and oxygen atoms in total. The topological polar surface area (TPSA) is 87.3 Å². The van der Waals surface area contributed by atoms with Crippen LogP contribution in [0.15, 0.2) is 12.3 Å². The van der Waals surface area contributed by atoms with Gasteiger partial charge in [0.2, 0.25) is 0 Å². The first-order valence-electron chi connectivity index (χ1n) is 6.33. The van der Waals surface area contributed by atoms with Crippen LogP contribution in [0.5, 0.6) is 0 Å². The SMILES string of the molecule is Nc1nc(=S)c2ccn(C3CC([O][Tl])C(C[O][Tl])O3)c2[nH]1. The monoisotopic (exact) mass is 690 g/mol. The molecule has 0 bridgehead atoms. The van der Waals surface area contributed by atoms with Crippen LogP contribution in [0.1, 0.15) is 12.6 Å². The van der Waals surface area contributed by atoms with Crippen molar-refractivity contribution in [3.8, 4) is 0 Å². The van der Waals surface area contributed by atoms with Crippen molar-refractivity contribution in [1.29, 1.82) is 0 Å². The van der Waals surface area contributed by atoms with E-state index in [4.69, 9.17) is 28.1 Å². The van der Waals surface area contributed by atoms with Gasteiger partial charge < -0.3 is 0 Å². The molecular weight excluding hydrogens is 677 g/mol. The number of hydrogen-bond acceptors (Lipinski definition) is 6. The molecule has 1 aliphatic heterocycles. The van der Waals surface area contributed by atoms with E-state index in [0.29, 0.717) is 69.6 Å². The van der Waals surface area contributed by atoms with E-state index in [-0.39, 0.29) is 18.4 Å². The Morgan fingerprint density at radius 1 is 1.57 bits per heavy atom. The molecule has 10 heteroatoms. The van der Waals surface area contributed by atoms with E-state index in [1.54, 1.807) is 0 Å². The second-order valence-corrected chi connectivity index (χ2v) is 7.53. The molecule has 3 rings (SSSR count). The molecule has 3 atom stereocenters. The number of fused-ring (bicyclic) bond motifs is 1. The van der Waals surface area contributed by atoms with Gasteiger partial charge in [0, 0.05) is 0 Å². The average Bonchev–Trinajstić information content (AvgIpc) is 3.02. The number of aromatic amines is 1. The summed E-state index contributed by atoms with van der Waals surface area (Å²) in [6.07, 6.45) is 2.72. The van der Waals surface area contributed by atoms with E-state index in [1.807, 2.05) is 16.8 Å². The second-order valence-electron chi connectivity index (χ2n) is 4.79. The van der Waals surface area contributed by atoms with E-state index in [2.05, 4.69) is 9.97 Å². The van der Waals surface area contributed by atoms with E-state index in [0.717, 1.165) is 17.5 Å². The molecule has 0 amide bonds. The Balaban J connectivity index is 1.96. The van der Waals surface area contributed by atoms with Crippen LogP contribution in [-0.4, -0.2) is 85.8 Å². The molecule has 21 heavy (non-hydrogen) atoms. The molecule has 3 N–H and O–H groups in total. The van der Waals surface area contributed by atoms with E-state index >= 15 is 0 Å². The van der Waals surface area contributed by atoms with Crippen molar-refractivity contribution < 1.29 is 10.1 Å². The molecule has 1 fully saturated rings. The first-order chi connectivity index (χ1) is 10.1. The van der Waals surface area contributed by atoms with Crippen molar-refractivity contribution in [2.24, 2.45) is 0 Å². The molecule has 0 radical (unpaired) electrons. The number of hydrogen-bond donors (Lipinski definition) is 2. The molecule has 0 saturated carbocycles. The van der Waals surface area contributed by atoms with Crippen LogP contribution in [0.2, 0.25) is 0 Å². The molecule has 3 heterocycles. The number of H-pyrrole nitrogens is 1. The van der Waals surface area contributed by atoms with Crippen LogP contribution < -0.4 is 5.73 Å². The van der Waals surface area contributed by atoms with Gasteiger partial charge in [0.1, 0.15) is 0 Å². The van der Waals surface area contributed by atoms with Crippen molar-refractivity contribution in [1.82, 2.24) is 14.5 Å². The molecule has 2 aromatic rings. The van der Waals surface area contributed by atoms with Crippen LogP contribution in [0, 0.1) is 4.64 Å². The summed E-state index contributed by atoms with van der Waals surface area (Å²) in [7, 11) is 0. The average molecular weight is 689 g/mol. The maximum absolute atomic E-state index is 6.09. The molecule has 1 aliphatic rings. The van der Waals surface area contributed by atoms with Crippen molar-refractivity contribution in [2.45, 2.75) is 24.9 Å². The fraction of sp³-hybridized carbons (Fsp3) is 0.455. The van der Waals surface area contributed by atoms with Gasteiger partial charge >= 0.3 is 160 Å². The predicted molar refractivity (Wildman–Crippen MR) is 80.2 cm³/mol. The Bertz CT molecular complexity index is 706. The van der Waals surface area contributed by atoms with Gasteiger partial charge in [-0.15, -0.1) is 0 Å². The second kappa shape index (κ2) is 6.86. The fourth-order valence-corrected chi connectivity index (χ4v) is 4.68. The van der Waals surface area contributed by atoms with Gasteiger partial charge in [0.25, 0.3) is 0 Å². The third kappa shape index (κ3) is 3.19. The zero-order chi connectivity index (χ0) is 15.0. The van der Waals surface area contributed by atoms with Gasteiger partial charge in [-0.1, -0.05) is 0 Å². The summed E-state index contributed by atoms with van der Waals surface area (Å²) in [5, 5.41) is 0.872. The molecular formula is C11H12N4O3STl2. The number of nitrogen functional groups attached to an aromatic ring is 1. The van der Waals surface area contributed by atoms with Crippen LogP contribution >= 0.6 is 12.2 Å². The van der Waals surface area contributed by atoms with Crippen LogP contribution in [-0.2, 0) is 10.1 Å². The zero-order valence-electron chi connectivity index (χ0n) is 11.1.